The lowest BCUT2D eigenvalue weighted by molar-refractivity contribution is 0.604. The van der Waals surface area contributed by atoms with Crippen molar-refractivity contribution >= 4 is 11.5 Å². The topological polar surface area (TPSA) is 68.0 Å². The van der Waals surface area contributed by atoms with Gasteiger partial charge in [-0.2, -0.15) is 0 Å². The summed E-state index contributed by atoms with van der Waals surface area (Å²) >= 11 is 0. The van der Waals surface area contributed by atoms with Crippen molar-refractivity contribution in [3.05, 3.63) is 48.6 Å². The maximum Gasteiger partial charge on any atom is 0.159 e. The lowest BCUT2D eigenvalue weighted by atomic mass is 10.3. The van der Waals surface area contributed by atoms with E-state index in [-0.39, 0.29) is 6.04 Å². The van der Waals surface area contributed by atoms with Crippen LogP contribution < -0.4 is 5.32 Å². The Balaban J connectivity index is 1.81. The number of hydrogen-bond acceptors (Lipinski definition) is 5. The van der Waals surface area contributed by atoms with E-state index in [0.717, 1.165) is 18.0 Å². The summed E-state index contributed by atoms with van der Waals surface area (Å²) in [7, 11) is 0. The molecule has 0 unspecified atom stereocenters. The Kier molecular flexibility index (Phi) is 2.79. The smallest absolute Gasteiger partial charge is 0.159 e. The third-order valence-electron chi connectivity index (χ3n) is 2.65. The molecule has 3 aromatic heterocycles. The Morgan fingerprint density at radius 2 is 2.00 bits per heavy atom. The largest absolute Gasteiger partial charge is 0.359 e. The van der Waals surface area contributed by atoms with E-state index in [0.29, 0.717) is 11.6 Å². The molecule has 0 bridgehead atoms. The average molecular weight is 258 g/mol. The van der Waals surface area contributed by atoms with E-state index in [9.17, 15) is 4.39 Å². The lowest BCUT2D eigenvalue weighted by Crippen LogP contribution is -2.12. The molecule has 0 fully saturated rings. The van der Waals surface area contributed by atoms with Crippen molar-refractivity contribution in [2.75, 3.05) is 5.32 Å². The zero-order valence-corrected chi connectivity index (χ0v) is 10.2. The predicted molar refractivity (Wildman–Crippen MR) is 67.0 cm³/mol. The molecule has 1 N–H and O–H groups in total. The zero-order valence-electron chi connectivity index (χ0n) is 10.2. The number of rotatable bonds is 3. The molecular formula is C12H11FN6. The summed E-state index contributed by atoms with van der Waals surface area (Å²) in [5.74, 6) is 0.730. The Morgan fingerprint density at radius 1 is 1.21 bits per heavy atom. The van der Waals surface area contributed by atoms with Crippen molar-refractivity contribution in [2.45, 2.75) is 13.0 Å². The molecule has 0 amide bonds. The number of nitrogens with one attached hydrogen (secondary N) is 1. The molecule has 0 radical (unpaired) electrons. The third-order valence-corrected chi connectivity index (χ3v) is 2.65. The van der Waals surface area contributed by atoms with Gasteiger partial charge in [-0.25, -0.2) is 23.9 Å². The minimum atomic E-state index is -0.450. The van der Waals surface area contributed by atoms with E-state index in [2.05, 4.69) is 25.4 Å². The summed E-state index contributed by atoms with van der Waals surface area (Å²) in [5.41, 5.74) is 0.774. The molecule has 3 aromatic rings. The third kappa shape index (κ3) is 2.35. The fraction of sp³-hybridized carbons (Fsp3) is 0.167. The highest BCUT2D eigenvalue weighted by atomic mass is 19.1. The van der Waals surface area contributed by atoms with Crippen LogP contribution in [0, 0.1) is 5.82 Å². The van der Waals surface area contributed by atoms with Crippen molar-refractivity contribution in [3.8, 4) is 0 Å². The Bertz CT molecular complexity index is 693. The molecule has 0 spiro atoms. The Hall–Kier alpha value is -2.57. The summed E-state index contributed by atoms with van der Waals surface area (Å²) in [4.78, 5) is 12.0. The number of imidazole rings is 1. The van der Waals surface area contributed by atoms with E-state index >= 15 is 0 Å². The number of aromatic nitrogens is 5. The highest BCUT2D eigenvalue weighted by Gasteiger charge is 2.09. The first kappa shape index (κ1) is 11.5. The maximum atomic E-state index is 12.7. The Morgan fingerprint density at radius 3 is 2.79 bits per heavy atom. The van der Waals surface area contributed by atoms with Crippen LogP contribution >= 0.6 is 0 Å². The molecule has 0 aromatic carbocycles. The van der Waals surface area contributed by atoms with Crippen LogP contribution in [0.15, 0.2) is 36.9 Å². The average Bonchev–Trinajstić information content (AvgIpc) is 2.87. The highest BCUT2D eigenvalue weighted by Crippen LogP contribution is 2.14. The fourth-order valence-corrected chi connectivity index (χ4v) is 1.72. The highest BCUT2D eigenvalue weighted by molar-refractivity contribution is 5.44. The van der Waals surface area contributed by atoms with Crippen LogP contribution in [0.2, 0.25) is 0 Å². The summed E-state index contributed by atoms with van der Waals surface area (Å²) in [6, 6.07) is 3.50. The number of halogens is 1. The molecule has 6 nitrogen and oxygen atoms in total. The number of hydrogen-bond donors (Lipinski definition) is 1. The van der Waals surface area contributed by atoms with Gasteiger partial charge in [-0.15, -0.1) is 5.10 Å². The second-order valence-corrected chi connectivity index (χ2v) is 4.07. The van der Waals surface area contributed by atoms with Crippen LogP contribution in [0.1, 0.15) is 18.8 Å². The van der Waals surface area contributed by atoms with Gasteiger partial charge < -0.3 is 5.32 Å². The fourth-order valence-electron chi connectivity index (χ4n) is 1.72. The SMILES string of the molecule is C[C@H](Nc1ccc2nccn2n1)c1ncc(F)cn1. The van der Waals surface area contributed by atoms with Crippen molar-refractivity contribution in [2.24, 2.45) is 0 Å². The van der Waals surface area contributed by atoms with Gasteiger partial charge in [-0.05, 0) is 19.1 Å². The van der Waals surface area contributed by atoms with E-state index < -0.39 is 5.82 Å². The second kappa shape index (κ2) is 4.60. The molecule has 0 saturated heterocycles. The van der Waals surface area contributed by atoms with Crippen LogP contribution in [0.25, 0.3) is 5.65 Å². The molecule has 0 saturated carbocycles. The van der Waals surface area contributed by atoms with E-state index in [1.165, 1.54) is 0 Å². The zero-order chi connectivity index (χ0) is 13.2. The van der Waals surface area contributed by atoms with Crippen LogP contribution in [0.5, 0.6) is 0 Å². The van der Waals surface area contributed by atoms with Crippen molar-refractivity contribution in [1.29, 1.82) is 0 Å². The van der Waals surface area contributed by atoms with E-state index in [1.54, 1.807) is 16.9 Å². The molecule has 3 rings (SSSR count). The first-order chi connectivity index (χ1) is 9.22. The molecule has 0 aliphatic carbocycles. The summed E-state index contributed by atoms with van der Waals surface area (Å²) in [6.07, 6.45) is 5.73. The monoisotopic (exact) mass is 258 g/mol. The Labute approximate surface area is 108 Å². The normalized spacial score (nSPS) is 12.5. The molecule has 1 atom stereocenters. The van der Waals surface area contributed by atoms with E-state index in [4.69, 9.17) is 0 Å². The van der Waals surface area contributed by atoms with Crippen LogP contribution in [-0.4, -0.2) is 24.6 Å². The summed E-state index contributed by atoms with van der Waals surface area (Å²) in [6.45, 7) is 1.88. The predicted octanol–water partition coefficient (Wildman–Crippen LogP) is 1.83. The van der Waals surface area contributed by atoms with Gasteiger partial charge in [0, 0.05) is 12.4 Å². The minimum Gasteiger partial charge on any atom is -0.359 e. The molecular weight excluding hydrogens is 247 g/mol. The lowest BCUT2D eigenvalue weighted by Gasteiger charge is -2.12. The van der Waals surface area contributed by atoms with Crippen LogP contribution in [0.3, 0.4) is 0 Å². The molecule has 7 heteroatoms. The molecule has 3 heterocycles. The molecule has 96 valence electrons. The van der Waals surface area contributed by atoms with Gasteiger partial charge in [0.1, 0.15) is 11.6 Å². The van der Waals surface area contributed by atoms with Crippen molar-refractivity contribution in [1.82, 2.24) is 24.6 Å². The number of nitrogens with zero attached hydrogens (tertiary/aromatic N) is 5. The minimum absolute atomic E-state index is 0.172. The quantitative estimate of drug-likeness (QED) is 0.776. The van der Waals surface area contributed by atoms with Crippen molar-refractivity contribution in [3.63, 3.8) is 0 Å². The number of fused-ring (bicyclic) bond motifs is 1. The van der Waals surface area contributed by atoms with Gasteiger partial charge in [0.25, 0.3) is 0 Å². The van der Waals surface area contributed by atoms with E-state index in [1.807, 2.05) is 19.1 Å². The summed E-state index contributed by atoms with van der Waals surface area (Å²) < 4.78 is 14.4. The van der Waals surface area contributed by atoms with Gasteiger partial charge in [-0.1, -0.05) is 0 Å². The number of anilines is 1. The van der Waals surface area contributed by atoms with Crippen molar-refractivity contribution < 1.29 is 4.39 Å². The standard InChI is InChI=1S/C12H11FN6/c1-8(12-15-6-9(13)7-16-12)17-10-2-3-11-14-4-5-19(11)18-10/h2-8H,1H3,(H,17,18)/t8-/m0/s1. The molecule has 19 heavy (non-hydrogen) atoms. The second-order valence-electron chi connectivity index (χ2n) is 4.07. The van der Waals surface area contributed by atoms with Gasteiger partial charge in [0.05, 0.1) is 18.4 Å². The van der Waals surface area contributed by atoms with Gasteiger partial charge in [0.15, 0.2) is 11.5 Å². The maximum absolute atomic E-state index is 12.7. The first-order valence-electron chi connectivity index (χ1n) is 5.77. The van der Waals surface area contributed by atoms with Crippen LogP contribution in [-0.2, 0) is 0 Å². The molecule has 0 aliphatic heterocycles. The van der Waals surface area contributed by atoms with Crippen LogP contribution in [0.4, 0.5) is 10.2 Å². The first-order valence-corrected chi connectivity index (χ1v) is 5.77. The van der Waals surface area contributed by atoms with Gasteiger partial charge in [-0.3, -0.25) is 0 Å². The molecule has 0 aliphatic rings. The van der Waals surface area contributed by atoms with Gasteiger partial charge in [0.2, 0.25) is 0 Å². The summed E-state index contributed by atoms with van der Waals surface area (Å²) in [5, 5.41) is 7.48. The van der Waals surface area contributed by atoms with Gasteiger partial charge >= 0.3 is 0 Å².